The van der Waals surface area contributed by atoms with Gasteiger partial charge in [0.1, 0.15) is 5.82 Å². The first-order valence-electron chi connectivity index (χ1n) is 7.80. The van der Waals surface area contributed by atoms with E-state index in [9.17, 15) is 14.0 Å². The van der Waals surface area contributed by atoms with Crippen LogP contribution in [0.25, 0.3) is 5.57 Å². The monoisotopic (exact) mass is 381 g/mol. The number of thiophene rings is 1. The van der Waals surface area contributed by atoms with Crippen molar-refractivity contribution in [2.24, 2.45) is 0 Å². The van der Waals surface area contributed by atoms with Crippen LogP contribution in [-0.4, -0.2) is 11.8 Å². The summed E-state index contributed by atoms with van der Waals surface area (Å²) >= 11 is 2.65. The maximum Gasteiger partial charge on any atom is 0.272 e. The minimum atomic E-state index is -0.495. The lowest BCUT2D eigenvalue weighted by atomic mass is 10.2. The van der Waals surface area contributed by atoms with E-state index in [1.165, 1.54) is 41.3 Å². The molecule has 0 fully saturated rings. The van der Waals surface area contributed by atoms with Crippen LogP contribution in [0.3, 0.4) is 0 Å². The van der Waals surface area contributed by atoms with E-state index in [-0.39, 0.29) is 5.69 Å². The molecule has 0 unspecified atom stereocenters. The van der Waals surface area contributed by atoms with Crippen LogP contribution in [0.4, 0.5) is 10.1 Å². The van der Waals surface area contributed by atoms with Gasteiger partial charge in [0.2, 0.25) is 0 Å². The minimum Gasteiger partial charge on any atom is -0.268 e. The van der Waals surface area contributed by atoms with Crippen molar-refractivity contribution in [3.05, 3.63) is 87.7 Å². The molecule has 128 valence electrons. The van der Waals surface area contributed by atoms with Crippen molar-refractivity contribution in [1.29, 1.82) is 0 Å². The fraction of sp³-hybridized carbons (Fsp3) is 0. The van der Waals surface area contributed by atoms with Gasteiger partial charge in [-0.25, -0.2) is 9.29 Å². The summed E-state index contributed by atoms with van der Waals surface area (Å²) in [6.45, 7) is 0. The van der Waals surface area contributed by atoms with Gasteiger partial charge in [-0.15, -0.1) is 11.3 Å². The highest BCUT2D eigenvalue weighted by Gasteiger charge is 2.40. The van der Waals surface area contributed by atoms with Gasteiger partial charge >= 0.3 is 0 Å². The van der Waals surface area contributed by atoms with E-state index in [1.807, 2.05) is 47.8 Å². The molecule has 0 spiro atoms. The third-order valence-corrected chi connectivity index (χ3v) is 5.82. The number of amides is 2. The molecular weight excluding hydrogens is 369 g/mol. The van der Waals surface area contributed by atoms with E-state index in [4.69, 9.17) is 0 Å². The summed E-state index contributed by atoms with van der Waals surface area (Å²) in [6, 6.07) is 18.6. The first-order valence-corrected chi connectivity index (χ1v) is 9.50. The number of hydrogen-bond donors (Lipinski definition) is 0. The van der Waals surface area contributed by atoms with Crippen molar-refractivity contribution in [2.75, 3.05) is 4.90 Å². The van der Waals surface area contributed by atoms with Gasteiger partial charge in [-0.3, -0.25) is 9.59 Å². The molecular formula is C20H12FNO2S2. The number of halogens is 1. The van der Waals surface area contributed by atoms with Gasteiger partial charge in [0.05, 0.1) is 16.2 Å². The molecule has 1 aliphatic rings. The summed E-state index contributed by atoms with van der Waals surface area (Å²) in [4.78, 5) is 29.1. The molecule has 0 bridgehead atoms. The highest BCUT2D eigenvalue weighted by Crippen LogP contribution is 2.42. The zero-order valence-electron chi connectivity index (χ0n) is 13.4. The van der Waals surface area contributed by atoms with Crippen molar-refractivity contribution in [3.8, 4) is 0 Å². The van der Waals surface area contributed by atoms with Crippen LogP contribution in [0.2, 0.25) is 0 Å². The number of nitrogens with zero attached hydrogens (tertiary/aromatic N) is 1. The molecule has 1 aliphatic heterocycles. The molecule has 0 N–H and O–H groups in total. The second kappa shape index (κ2) is 6.90. The molecule has 2 amide bonds. The average Bonchev–Trinajstić information content (AvgIpc) is 3.23. The maximum absolute atomic E-state index is 13.6. The third kappa shape index (κ3) is 2.98. The normalized spacial score (nSPS) is 14.4. The summed E-state index contributed by atoms with van der Waals surface area (Å²) in [5.41, 5.74) is 0.598. The van der Waals surface area contributed by atoms with E-state index in [0.29, 0.717) is 10.5 Å². The largest absolute Gasteiger partial charge is 0.272 e. The highest BCUT2D eigenvalue weighted by molar-refractivity contribution is 8.04. The van der Waals surface area contributed by atoms with Gasteiger partial charge in [0, 0.05) is 9.77 Å². The van der Waals surface area contributed by atoms with Crippen LogP contribution >= 0.6 is 23.1 Å². The van der Waals surface area contributed by atoms with Crippen molar-refractivity contribution < 1.29 is 14.0 Å². The molecule has 1 aromatic heterocycles. The topological polar surface area (TPSA) is 37.4 Å². The number of hydrogen-bond acceptors (Lipinski definition) is 4. The first-order chi connectivity index (χ1) is 12.6. The zero-order chi connectivity index (χ0) is 18.1. The summed E-state index contributed by atoms with van der Waals surface area (Å²) in [7, 11) is 0. The molecule has 0 aliphatic carbocycles. The Hall–Kier alpha value is -2.70. The van der Waals surface area contributed by atoms with Gasteiger partial charge < -0.3 is 0 Å². The molecule has 4 rings (SSSR count). The van der Waals surface area contributed by atoms with Crippen LogP contribution < -0.4 is 4.90 Å². The molecule has 0 radical (unpaired) electrons. The van der Waals surface area contributed by atoms with Gasteiger partial charge in [0.25, 0.3) is 11.8 Å². The predicted octanol–water partition coefficient (Wildman–Crippen LogP) is 4.96. The number of anilines is 1. The molecule has 6 heteroatoms. The van der Waals surface area contributed by atoms with E-state index < -0.39 is 17.6 Å². The number of carbonyl (C=O) groups excluding carboxylic acids is 2. The first kappa shape index (κ1) is 16.8. The minimum absolute atomic E-state index is 0.234. The van der Waals surface area contributed by atoms with E-state index in [1.54, 1.807) is 6.07 Å². The standard InChI is InChI=1S/C20H12FNO2S2/c21-13-6-4-7-14(12-13)22-19(23)17(16-10-5-11-25-16)18(20(22)24)26-15-8-2-1-3-9-15/h1-12H. The number of imide groups is 1. The summed E-state index contributed by atoms with van der Waals surface area (Å²) in [5.74, 6) is -1.36. The lowest BCUT2D eigenvalue weighted by Crippen LogP contribution is -2.31. The van der Waals surface area contributed by atoms with Crippen molar-refractivity contribution >= 4 is 46.2 Å². The second-order valence-electron chi connectivity index (χ2n) is 5.52. The maximum atomic E-state index is 13.6. The van der Waals surface area contributed by atoms with Crippen molar-refractivity contribution in [3.63, 3.8) is 0 Å². The Labute approximate surface area is 157 Å². The number of carbonyl (C=O) groups is 2. The molecule has 26 heavy (non-hydrogen) atoms. The summed E-state index contributed by atoms with van der Waals surface area (Å²) in [5, 5.41) is 1.86. The van der Waals surface area contributed by atoms with Crippen LogP contribution in [-0.2, 0) is 9.59 Å². The van der Waals surface area contributed by atoms with Crippen LogP contribution in [0.15, 0.2) is 81.9 Å². The Morgan fingerprint density at radius 2 is 1.69 bits per heavy atom. The Kier molecular flexibility index (Phi) is 4.44. The van der Waals surface area contributed by atoms with Gasteiger partial charge in [-0.1, -0.05) is 42.1 Å². The summed E-state index contributed by atoms with van der Waals surface area (Å²) < 4.78 is 13.6. The van der Waals surface area contributed by atoms with Crippen LogP contribution in [0, 0.1) is 5.82 Å². The Morgan fingerprint density at radius 1 is 0.885 bits per heavy atom. The van der Waals surface area contributed by atoms with Crippen molar-refractivity contribution in [2.45, 2.75) is 4.90 Å². The number of benzene rings is 2. The quantitative estimate of drug-likeness (QED) is 0.599. The fourth-order valence-corrected chi connectivity index (χ4v) is 4.54. The third-order valence-electron chi connectivity index (χ3n) is 3.84. The highest BCUT2D eigenvalue weighted by atomic mass is 32.2. The molecule has 3 aromatic rings. The Bertz CT molecular complexity index is 1010. The molecule has 0 saturated heterocycles. The number of thioether (sulfide) groups is 1. The van der Waals surface area contributed by atoms with Crippen LogP contribution in [0.1, 0.15) is 4.88 Å². The lowest BCUT2D eigenvalue weighted by molar-refractivity contribution is -0.119. The SMILES string of the molecule is O=C1C(Sc2ccccc2)=C(c2cccs2)C(=O)N1c1cccc(F)c1. The van der Waals surface area contributed by atoms with Crippen molar-refractivity contribution in [1.82, 2.24) is 0 Å². The Balaban J connectivity index is 1.81. The van der Waals surface area contributed by atoms with Gasteiger partial charge in [0.15, 0.2) is 0 Å². The average molecular weight is 381 g/mol. The van der Waals surface area contributed by atoms with Crippen LogP contribution in [0.5, 0.6) is 0 Å². The Morgan fingerprint density at radius 3 is 2.38 bits per heavy atom. The predicted molar refractivity (Wildman–Crippen MR) is 102 cm³/mol. The molecule has 3 nitrogen and oxygen atoms in total. The molecule has 0 saturated carbocycles. The fourth-order valence-electron chi connectivity index (χ4n) is 2.70. The summed E-state index contributed by atoms with van der Waals surface area (Å²) in [6.07, 6.45) is 0. The van der Waals surface area contributed by atoms with E-state index in [0.717, 1.165) is 14.7 Å². The van der Waals surface area contributed by atoms with E-state index in [2.05, 4.69) is 0 Å². The smallest absolute Gasteiger partial charge is 0.268 e. The molecule has 0 atom stereocenters. The van der Waals surface area contributed by atoms with Gasteiger partial charge in [-0.2, -0.15) is 0 Å². The lowest BCUT2D eigenvalue weighted by Gasteiger charge is -2.15. The van der Waals surface area contributed by atoms with E-state index >= 15 is 0 Å². The van der Waals surface area contributed by atoms with Gasteiger partial charge in [-0.05, 0) is 41.8 Å². The molecule has 2 aromatic carbocycles. The molecule has 2 heterocycles. The number of rotatable bonds is 4. The second-order valence-corrected chi connectivity index (χ2v) is 7.55. The zero-order valence-corrected chi connectivity index (χ0v) is 15.0.